The molecule has 0 amide bonds. The molecule has 2 heterocycles. The molecule has 0 spiro atoms. The number of likely N-dealkylation sites (tertiary alicyclic amines) is 1. The molecule has 1 saturated heterocycles. The number of rotatable bonds is 7. The Morgan fingerprint density at radius 3 is 2.30 bits per heavy atom. The van der Waals surface area contributed by atoms with E-state index in [-0.39, 0.29) is 36.5 Å². The van der Waals surface area contributed by atoms with Gasteiger partial charge in [0.15, 0.2) is 6.17 Å². The number of H-pyrrole nitrogens is 1. The third kappa shape index (κ3) is 4.01. The van der Waals surface area contributed by atoms with Crippen molar-refractivity contribution in [1.82, 2.24) is 14.5 Å². The molecule has 1 aromatic rings. The summed E-state index contributed by atoms with van der Waals surface area (Å²) < 4.78 is 75.1. The quantitative estimate of drug-likeness (QED) is 0.551. The maximum Gasteiger partial charge on any atom is 0.329 e. The second-order valence-electron chi connectivity index (χ2n) is 9.05. The van der Waals surface area contributed by atoms with E-state index in [0.29, 0.717) is 10.9 Å². The molecule has 0 aromatic carbocycles. The Morgan fingerprint density at radius 1 is 1.12 bits per heavy atom. The summed E-state index contributed by atoms with van der Waals surface area (Å²) in [6.45, 7) is 1.89. The smallest absolute Gasteiger partial charge is 0.329 e. The predicted octanol–water partition coefficient (Wildman–Crippen LogP) is 0.313. The minimum atomic E-state index is -3.27. The number of alkyl halides is 5. The lowest BCUT2D eigenvalue weighted by molar-refractivity contribution is -0.0473. The monoisotopic (exact) mass is 478 g/mol. The van der Waals surface area contributed by atoms with Gasteiger partial charge in [-0.05, 0) is 44.2 Å². The van der Waals surface area contributed by atoms with Crippen LogP contribution in [-0.4, -0.2) is 65.8 Å². The van der Waals surface area contributed by atoms with Crippen molar-refractivity contribution in [3.63, 3.8) is 0 Å². The first-order valence-electron chi connectivity index (χ1n) is 10.9. The molecule has 1 aliphatic heterocycles. The Kier molecular flexibility index (Phi) is 6.43. The number of fused-ring (bicyclic) bond motifs is 1. The Bertz CT molecular complexity index is 1140. The summed E-state index contributed by atoms with van der Waals surface area (Å²) in [6, 6.07) is -2.53. The van der Waals surface area contributed by atoms with Crippen LogP contribution in [0, 0.1) is 11.8 Å². The topological polar surface area (TPSA) is 93.3 Å². The van der Waals surface area contributed by atoms with Crippen LogP contribution in [-0.2, 0) is 4.74 Å². The molecule has 4 unspecified atom stereocenters. The summed E-state index contributed by atoms with van der Waals surface area (Å²) in [5, 5.41) is 0.265. The summed E-state index contributed by atoms with van der Waals surface area (Å²) in [5.41, 5.74) is 4.91. The number of methoxy groups -OCH3 is 1. The lowest BCUT2D eigenvalue weighted by Gasteiger charge is -2.35. The fourth-order valence-electron chi connectivity index (χ4n) is 5.30. The number of aromatic amines is 1. The molecule has 3 aliphatic rings. The summed E-state index contributed by atoms with van der Waals surface area (Å²) in [7, 11) is 1.23. The van der Waals surface area contributed by atoms with Crippen LogP contribution in [0.1, 0.15) is 32.2 Å². The van der Waals surface area contributed by atoms with Crippen molar-refractivity contribution < 1.29 is 26.7 Å². The number of nitrogens with zero attached hydrogens (tertiary/aromatic N) is 2. The highest BCUT2D eigenvalue weighted by molar-refractivity contribution is 5.60. The molecule has 4 rings (SSSR count). The summed E-state index contributed by atoms with van der Waals surface area (Å²) >= 11 is 0. The average Bonchev–Trinajstić information content (AvgIpc) is 3.44. The molecule has 33 heavy (non-hydrogen) atoms. The van der Waals surface area contributed by atoms with Crippen molar-refractivity contribution in [3.05, 3.63) is 31.4 Å². The van der Waals surface area contributed by atoms with Crippen molar-refractivity contribution in [1.29, 1.82) is 0 Å². The van der Waals surface area contributed by atoms with Gasteiger partial charge < -0.3 is 10.5 Å². The lowest BCUT2D eigenvalue weighted by Crippen LogP contribution is -2.61. The van der Waals surface area contributed by atoms with Crippen LogP contribution < -0.4 is 27.6 Å². The molecule has 7 nitrogen and oxygen atoms in total. The minimum Gasteiger partial charge on any atom is -0.497 e. The molecule has 1 aromatic heterocycles. The van der Waals surface area contributed by atoms with E-state index < -0.39 is 54.2 Å². The maximum absolute atomic E-state index is 15.7. The van der Waals surface area contributed by atoms with E-state index >= 15 is 4.39 Å². The standard InChI is InChI=1S/C21H27F5N4O3/c1-8-15-12(20(31)28-21(32)30(15)10-3-4-10)17(33-2)13(22)16(8)29-6-5-9(7-29)14(27)11(18(23)24)19(25)26/h9-11,13-14,16,18-19H,3-7,27H2,1-2H3,(H,28,31,32). The predicted molar refractivity (Wildman–Crippen MR) is 110 cm³/mol. The van der Waals surface area contributed by atoms with Crippen LogP contribution in [0.5, 0.6) is 0 Å². The largest absolute Gasteiger partial charge is 0.497 e. The van der Waals surface area contributed by atoms with Gasteiger partial charge in [0.25, 0.3) is 5.56 Å². The van der Waals surface area contributed by atoms with Gasteiger partial charge in [-0.25, -0.2) is 26.7 Å². The van der Waals surface area contributed by atoms with Crippen LogP contribution >= 0.6 is 0 Å². The van der Waals surface area contributed by atoms with Gasteiger partial charge in [-0.3, -0.25) is 19.2 Å². The van der Waals surface area contributed by atoms with Gasteiger partial charge in [-0.15, -0.1) is 0 Å². The third-order valence-electron chi connectivity index (χ3n) is 7.09. The van der Waals surface area contributed by atoms with Gasteiger partial charge in [-0.1, -0.05) is 0 Å². The first-order chi connectivity index (χ1) is 15.6. The number of hydrogen-bond donors (Lipinski definition) is 2. The number of halogens is 5. The molecule has 0 bridgehead atoms. The average molecular weight is 478 g/mol. The van der Waals surface area contributed by atoms with Crippen molar-refractivity contribution in [3.8, 4) is 0 Å². The van der Waals surface area contributed by atoms with E-state index in [4.69, 9.17) is 10.5 Å². The van der Waals surface area contributed by atoms with Gasteiger partial charge in [0.1, 0.15) is 11.0 Å². The van der Waals surface area contributed by atoms with Crippen LogP contribution in [0.4, 0.5) is 22.0 Å². The fraction of sp³-hybridized carbons (Fsp3) is 0.714. The van der Waals surface area contributed by atoms with E-state index in [2.05, 4.69) is 4.98 Å². The first kappa shape index (κ1) is 23.9. The zero-order valence-electron chi connectivity index (χ0n) is 18.2. The molecule has 0 radical (unpaired) electrons. The van der Waals surface area contributed by atoms with E-state index in [0.717, 1.165) is 12.8 Å². The van der Waals surface area contributed by atoms with Crippen LogP contribution in [0.25, 0.3) is 11.3 Å². The number of nitrogens with two attached hydrogens (primary N) is 1. The molecular weight excluding hydrogens is 451 g/mol. The third-order valence-corrected chi connectivity index (χ3v) is 7.09. The molecule has 184 valence electrons. The van der Waals surface area contributed by atoms with Crippen LogP contribution in [0.3, 0.4) is 0 Å². The summed E-state index contributed by atoms with van der Waals surface area (Å²) in [5.74, 6) is -3.18. The molecule has 12 heteroatoms. The second kappa shape index (κ2) is 8.86. The highest BCUT2D eigenvalue weighted by Crippen LogP contribution is 2.35. The van der Waals surface area contributed by atoms with E-state index in [1.807, 2.05) is 0 Å². The van der Waals surface area contributed by atoms with Gasteiger partial charge in [-0.2, -0.15) is 0 Å². The van der Waals surface area contributed by atoms with Crippen molar-refractivity contribution >= 4 is 11.3 Å². The van der Waals surface area contributed by atoms with E-state index in [1.165, 1.54) is 11.7 Å². The van der Waals surface area contributed by atoms with Crippen LogP contribution in [0.15, 0.2) is 9.59 Å². The van der Waals surface area contributed by atoms with Gasteiger partial charge in [0, 0.05) is 18.6 Å². The fourth-order valence-corrected chi connectivity index (χ4v) is 5.30. The molecule has 4 atom stereocenters. The molecule has 2 aliphatic carbocycles. The number of hydrogen-bond acceptors (Lipinski definition) is 5. The molecule has 1 saturated carbocycles. The number of ether oxygens (including phenoxy) is 1. The van der Waals surface area contributed by atoms with Gasteiger partial charge >= 0.3 is 5.69 Å². The molecule has 2 fully saturated rings. The number of aromatic nitrogens is 2. The SMILES string of the molecule is COC1=c2c(=O)[nH]c(=O)n(C3CC3)c2=C(C)C(N2CCC(C(N)C(C(F)F)C(F)F)C2)C1F. The highest BCUT2D eigenvalue weighted by Gasteiger charge is 2.45. The van der Waals surface area contributed by atoms with Crippen molar-refractivity contribution in [2.45, 2.75) is 63.3 Å². The zero-order chi connectivity index (χ0) is 24.2. The maximum atomic E-state index is 15.7. The van der Waals surface area contributed by atoms with E-state index in [9.17, 15) is 27.2 Å². The number of nitrogens with one attached hydrogen (secondary N) is 1. The normalized spacial score (nSPS) is 27.1. The summed E-state index contributed by atoms with van der Waals surface area (Å²) in [4.78, 5) is 29.0. The Labute approximate surface area is 185 Å². The minimum absolute atomic E-state index is 0.0305. The zero-order valence-corrected chi connectivity index (χ0v) is 18.2. The summed E-state index contributed by atoms with van der Waals surface area (Å²) in [6.07, 6.45) is -6.60. The Hall–Kier alpha value is -2.21. The van der Waals surface area contributed by atoms with Crippen LogP contribution in [0.2, 0.25) is 0 Å². The first-order valence-corrected chi connectivity index (χ1v) is 10.9. The van der Waals surface area contributed by atoms with Gasteiger partial charge in [0.2, 0.25) is 12.9 Å². The lowest BCUT2D eigenvalue weighted by atomic mass is 9.88. The molecular formula is C21H27F5N4O3. The second-order valence-corrected chi connectivity index (χ2v) is 9.05. The Morgan fingerprint density at radius 2 is 1.76 bits per heavy atom. The molecule has 3 N–H and O–H groups in total. The van der Waals surface area contributed by atoms with Crippen molar-refractivity contribution in [2.75, 3.05) is 20.2 Å². The Balaban J connectivity index is 1.76. The highest BCUT2D eigenvalue weighted by atomic mass is 19.3. The van der Waals surface area contributed by atoms with Gasteiger partial charge in [0.05, 0.1) is 24.4 Å². The van der Waals surface area contributed by atoms with Crippen molar-refractivity contribution in [2.24, 2.45) is 17.6 Å². The van der Waals surface area contributed by atoms with E-state index in [1.54, 1.807) is 11.8 Å².